The molecule has 0 spiro atoms. The first-order chi connectivity index (χ1) is 24.2. The van der Waals surface area contributed by atoms with Gasteiger partial charge in [0.1, 0.15) is 0 Å². The van der Waals surface area contributed by atoms with E-state index in [0.717, 1.165) is 61.7 Å². The van der Waals surface area contributed by atoms with Gasteiger partial charge < -0.3 is 0 Å². The Bertz CT molecular complexity index is 2090. The van der Waals surface area contributed by atoms with Crippen molar-refractivity contribution in [1.82, 2.24) is 9.97 Å². The predicted octanol–water partition coefficient (Wildman–Crippen LogP) is 12.5. The van der Waals surface area contributed by atoms with Crippen molar-refractivity contribution < 1.29 is 0 Å². The van der Waals surface area contributed by atoms with Gasteiger partial charge in [0.25, 0.3) is 0 Å². The molecule has 0 atom stereocenters. The van der Waals surface area contributed by atoms with Crippen LogP contribution >= 0.6 is 0 Å². The molecule has 49 heavy (non-hydrogen) atoms. The van der Waals surface area contributed by atoms with Crippen molar-refractivity contribution in [3.8, 4) is 78.4 Å². The van der Waals surface area contributed by atoms with E-state index in [9.17, 15) is 0 Å². The molecule has 8 rings (SSSR count). The van der Waals surface area contributed by atoms with Crippen LogP contribution in [0.2, 0.25) is 0 Å². The van der Waals surface area contributed by atoms with Crippen LogP contribution in [-0.4, -0.2) is 9.97 Å². The summed E-state index contributed by atoms with van der Waals surface area (Å²) in [5.74, 6) is 0. The van der Waals surface area contributed by atoms with Crippen molar-refractivity contribution in [2.24, 2.45) is 0 Å². The molecule has 232 valence electrons. The Morgan fingerprint density at radius 1 is 0.265 bits per heavy atom. The molecule has 0 aliphatic carbocycles. The first-order valence-corrected chi connectivity index (χ1v) is 16.7. The molecule has 0 fully saturated rings. The molecule has 0 amide bonds. The molecule has 0 aliphatic heterocycles. The lowest BCUT2D eigenvalue weighted by Gasteiger charge is -2.18. The summed E-state index contributed by atoms with van der Waals surface area (Å²) >= 11 is 0. The Labute approximate surface area is 288 Å². The summed E-state index contributed by atoms with van der Waals surface area (Å²) in [5.41, 5.74) is 16.3. The van der Waals surface area contributed by atoms with Gasteiger partial charge in [-0.3, -0.25) is 0 Å². The van der Waals surface area contributed by atoms with Gasteiger partial charge in [-0.25, -0.2) is 9.97 Å². The zero-order valence-electron chi connectivity index (χ0n) is 27.3. The topological polar surface area (TPSA) is 25.8 Å². The van der Waals surface area contributed by atoms with Gasteiger partial charge in [0.15, 0.2) is 0 Å². The van der Waals surface area contributed by atoms with Gasteiger partial charge in [-0.2, -0.15) is 0 Å². The number of benzene rings is 6. The van der Waals surface area contributed by atoms with E-state index < -0.39 is 0 Å². The highest BCUT2D eigenvalue weighted by Crippen LogP contribution is 2.40. The Balaban J connectivity index is 1.39. The molecule has 6 aromatic carbocycles. The molecule has 2 heterocycles. The fourth-order valence-electron chi connectivity index (χ4n) is 6.51. The summed E-state index contributed by atoms with van der Waals surface area (Å²) in [6.07, 6.45) is 0. The van der Waals surface area contributed by atoms with E-state index in [1.807, 2.05) is 24.3 Å². The first kappa shape index (κ1) is 30.0. The third kappa shape index (κ3) is 6.33. The average molecular weight is 627 g/mol. The summed E-state index contributed by atoms with van der Waals surface area (Å²) < 4.78 is 0. The SMILES string of the molecule is Cc1c(-c2cc(-c3ccccc3)nc(-c3ccccc3)c2)cc(-c2ccccc2)cc1-c1cc(-c2ccccc2)nc(-c2ccccc2)c1. The Kier molecular flexibility index (Phi) is 8.19. The van der Waals surface area contributed by atoms with Crippen molar-refractivity contribution in [1.29, 1.82) is 0 Å². The van der Waals surface area contributed by atoms with Gasteiger partial charge in [-0.1, -0.05) is 152 Å². The average Bonchev–Trinajstić information content (AvgIpc) is 3.19. The molecule has 0 saturated heterocycles. The Hall–Kier alpha value is -6.38. The van der Waals surface area contributed by atoms with Crippen LogP contribution in [0.5, 0.6) is 0 Å². The summed E-state index contributed by atoms with van der Waals surface area (Å²) in [6, 6.07) is 66.1. The summed E-state index contributed by atoms with van der Waals surface area (Å²) in [6.45, 7) is 2.25. The van der Waals surface area contributed by atoms with Crippen LogP contribution in [0.4, 0.5) is 0 Å². The highest BCUT2D eigenvalue weighted by atomic mass is 14.7. The number of aromatic nitrogens is 2. The van der Waals surface area contributed by atoms with Crippen LogP contribution in [0, 0.1) is 6.92 Å². The molecule has 2 aromatic heterocycles. The largest absolute Gasteiger partial charge is 0.248 e. The molecule has 0 aliphatic rings. The lowest BCUT2D eigenvalue weighted by Crippen LogP contribution is -1.96. The second kappa shape index (κ2) is 13.4. The summed E-state index contributed by atoms with van der Waals surface area (Å²) in [5, 5.41) is 0. The van der Waals surface area contributed by atoms with E-state index in [4.69, 9.17) is 9.97 Å². The van der Waals surface area contributed by atoms with Crippen molar-refractivity contribution in [2.75, 3.05) is 0 Å². The molecular weight excluding hydrogens is 593 g/mol. The van der Waals surface area contributed by atoms with Crippen molar-refractivity contribution in [3.63, 3.8) is 0 Å². The first-order valence-electron chi connectivity index (χ1n) is 16.7. The molecule has 0 bridgehead atoms. The molecule has 0 saturated carbocycles. The number of nitrogens with zero attached hydrogens (tertiary/aromatic N) is 2. The minimum atomic E-state index is 0.949. The van der Waals surface area contributed by atoms with E-state index >= 15 is 0 Å². The van der Waals surface area contributed by atoms with Gasteiger partial charge in [-0.15, -0.1) is 0 Å². The van der Waals surface area contributed by atoms with Crippen LogP contribution in [0.25, 0.3) is 78.4 Å². The predicted molar refractivity (Wildman–Crippen MR) is 205 cm³/mol. The molecule has 2 heteroatoms. The minimum Gasteiger partial charge on any atom is -0.248 e. The van der Waals surface area contributed by atoms with E-state index in [1.54, 1.807) is 0 Å². The van der Waals surface area contributed by atoms with Crippen molar-refractivity contribution in [3.05, 3.63) is 194 Å². The maximum absolute atomic E-state index is 5.17. The van der Waals surface area contributed by atoms with Gasteiger partial charge >= 0.3 is 0 Å². The lowest BCUT2D eigenvalue weighted by molar-refractivity contribution is 1.31. The number of rotatable bonds is 7. The lowest BCUT2D eigenvalue weighted by atomic mass is 9.87. The standard InChI is InChI=1S/C47H34N2/c1-33-42(40-29-44(35-19-9-3-10-20-35)48-45(30-40)36-21-11-4-12-22-36)27-39(34-17-7-2-8-18-34)28-43(33)41-31-46(37-23-13-5-14-24-37)49-47(32-41)38-25-15-6-16-26-38/h2-32H,1H3. The fourth-order valence-corrected chi connectivity index (χ4v) is 6.51. The number of hydrogen-bond donors (Lipinski definition) is 0. The molecule has 8 aromatic rings. The van der Waals surface area contributed by atoms with Crippen LogP contribution in [-0.2, 0) is 0 Å². The normalized spacial score (nSPS) is 11.0. The maximum Gasteiger partial charge on any atom is 0.0715 e. The van der Waals surface area contributed by atoms with Crippen LogP contribution < -0.4 is 0 Å². The summed E-state index contributed by atoms with van der Waals surface area (Å²) in [7, 11) is 0. The second-order valence-corrected chi connectivity index (χ2v) is 12.3. The maximum atomic E-state index is 5.17. The number of pyridine rings is 2. The molecule has 0 N–H and O–H groups in total. The quantitative estimate of drug-likeness (QED) is 0.176. The second-order valence-electron chi connectivity index (χ2n) is 12.3. The monoisotopic (exact) mass is 626 g/mol. The van der Waals surface area contributed by atoms with Gasteiger partial charge in [-0.05, 0) is 82.3 Å². The third-order valence-electron chi connectivity index (χ3n) is 9.07. The van der Waals surface area contributed by atoms with Crippen molar-refractivity contribution in [2.45, 2.75) is 6.92 Å². The van der Waals surface area contributed by atoms with Crippen molar-refractivity contribution >= 4 is 0 Å². The third-order valence-corrected chi connectivity index (χ3v) is 9.07. The minimum absolute atomic E-state index is 0.949. The smallest absolute Gasteiger partial charge is 0.0715 e. The summed E-state index contributed by atoms with van der Waals surface area (Å²) in [4.78, 5) is 10.3. The van der Waals surface area contributed by atoms with E-state index in [-0.39, 0.29) is 0 Å². The zero-order chi connectivity index (χ0) is 33.0. The molecule has 0 unspecified atom stereocenters. The van der Waals surface area contributed by atoms with Gasteiger partial charge in [0, 0.05) is 22.3 Å². The van der Waals surface area contributed by atoms with Crippen LogP contribution in [0.3, 0.4) is 0 Å². The molecular formula is C47H34N2. The molecule has 0 radical (unpaired) electrons. The van der Waals surface area contributed by atoms with Crippen LogP contribution in [0.1, 0.15) is 5.56 Å². The number of hydrogen-bond acceptors (Lipinski definition) is 2. The van der Waals surface area contributed by atoms with E-state index in [0.29, 0.717) is 0 Å². The zero-order valence-corrected chi connectivity index (χ0v) is 27.3. The van der Waals surface area contributed by atoms with E-state index in [2.05, 4.69) is 171 Å². The Morgan fingerprint density at radius 2 is 0.531 bits per heavy atom. The van der Waals surface area contributed by atoms with Gasteiger partial charge in [0.2, 0.25) is 0 Å². The van der Waals surface area contributed by atoms with E-state index in [1.165, 1.54) is 22.3 Å². The fraction of sp³-hybridized carbons (Fsp3) is 0.0213. The molecule has 2 nitrogen and oxygen atoms in total. The highest BCUT2D eigenvalue weighted by molar-refractivity contribution is 5.89. The highest BCUT2D eigenvalue weighted by Gasteiger charge is 2.17. The van der Waals surface area contributed by atoms with Gasteiger partial charge in [0.05, 0.1) is 22.8 Å². The van der Waals surface area contributed by atoms with Crippen LogP contribution in [0.15, 0.2) is 188 Å². The Morgan fingerprint density at radius 3 is 0.816 bits per heavy atom.